The van der Waals surface area contributed by atoms with Gasteiger partial charge in [0, 0.05) is 0 Å². The Kier molecular flexibility index (Phi) is 30.6. The zero-order chi connectivity index (χ0) is 13.5. The van der Waals surface area contributed by atoms with Crippen LogP contribution in [0, 0.1) is 0 Å². The maximum atomic E-state index is 8.88. The van der Waals surface area contributed by atoms with Gasteiger partial charge in [-0.1, -0.05) is 0 Å². The number of rotatable bonds is 0. The Bertz CT molecular complexity index is 203. The molecule has 0 rings (SSSR count). The molecule has 0 aromatic heterocycles. The van der Waals surface area contributed by atoms with Crippen LogP contribution >= 0.6 is 53.2 Å². The smallest absolute Gasteiger partial charge is 0.303 e. The zero-order valence-corrected chi connectivity index (χ0v) is 15.6. The lowest BCUT2D eigenvalue weighted by Crippen LogP contribution is -1.66. The van der Waals surface area contributed by atoms with Crippen LogP contribution in [0.5, 0.6) is 0 Å². The minimum Gasteiger partial charge on any atom is -0.303 e. The fourth-order valence-corrected chi connectivity index (χ4v) is 0. The summed E-state index contributed by atoms with van der Waals surface area (Å²) in [5.74, 6) is 0. The molecule has 0 aromatic carbocycles. The molecule has 0 radical (unpaired) electrons. The second-order valence-electron chi connectivity index (χ2n) is 1.54. The largest absolute Gasteiger partial charge is 0.466 e. The summed E-state index contributed by atoms with van der Waals surface area (Å²) in [6.07, 6.45) is 0. The predicted molar refractivity (Wildman–Crippen MR) is 76.1 cm³/mol. The molecule has 18 heavy (non-hydrogen) atoms. The molecule has 0 aliphatic heterocycles. The molecular formula is H18O12P6. The van der Waals surface area contributed by atoms with Crippen molar-refractivity contribution in [2.45, 2.75) is 0 Å². The first-order valence-corrected chi connectivity index (χ1v) is 7.04. The quantitative estimate of drug-likeness (QED) is 0.192. The van der Waals surface area contributed by atoms with E-state index in [0.29, 0.717) is 0 Å². The lowest BCUT2D eigenvalue weighted by molar-refractivity contribution is 0.272. The van der Waals surface area contributed by atoms with Crippen LogP contribution in [0.1, 0.15) is 0 Å². The van der Waals surface area contributed by atoms with Gasteiger partial charge in [-0.15, -0.1) is 0 Å². The molecule has 0 amide bonds. The van der Waals surface area contributed by atoms with E-state index in [1.54, 1.807) is 0 Å². The van der Waals surface area contributed by atoms with Gasteiger partial charge in [-0.25, -0.2) is 13.7 Å². The van der Waals surface area contributed by atoms with Crippen molar-refractivity contribution in [1.29, 1.82) is 0 Å². The molecule has 3 atom stereocenters. The van der Waals surface area contributed by atoms with Crippen LogP contribution in [0.4, 0.5) is 0 Å². The highest BCUT2D eigenvalue weighted by atomic mass is 31.2. The molecule has 0 aliphatic rings. The number of phosphoric acid groups is 3. The van der Waals surface area contributed by atoms with Crippen LogP contribution in [0.15, 0.2) is 0 Å². The average Bonchev–Trinajstić information content (AvgIpc) is 1.41. The van der Waals surface area contributed by atoms with Crippen molar-refractivity contribution in [1.82, 2.24) is 0 Å². The molecule has 0 spiro atoms. The van der Waals surface area contributed by atoms with Crippen LogP contribution < -0.4 is 0 Å². The maximum absolute atomic E-state index is 8.88. The van der Waals surface area contributed by atoms with Crippen molar-refractivity contribution in [3.05, 3.63) is 0 Å². The fraction of sp³-hybridized carbons (Fsp3) is 0. The van der Waals surface area contributed by atoms with E-state index in [0.717, 1.165) is 0 Å². The average molecular weight is 396 g/mol. The first-order chi connectivity index (χ1) is 6.00. The van der Waals surface area contributed by atoms with Crippen molar-refractivity contribution < 1.29 is 57.7 Å². The van der Waals surface area contributed by atoms with Gasteiger partial charge in [0.2, 0.25) is 0 Å². The van der Waals surface area contributed by atoms with E-state index in [-0.39, 0.29) is 29.7 Å². The normalized spacial score (nSPS) is 9.83. The van der Waals surface area contributed by atoms with Crippen LogP contribution in [0.3, 0.4) is 0 Å². The van der Waals surface area contributed by atoms with E-state index >= 15 is 0 Å². The summed E-state index contributed by atoms with van der Waals surface area (Å²) in [6.45, 7) is 0. The Hall–Kier alpha value is 1.62. The predicted octanol–water partition coefficient (Wildman–Crippen LogP) is -2.61. The SMILES string of the molecule is O=P(O)(O)O.O=P(O)(O)O.O=P(O)(O)O.P.P.P. The standard InChI is InChI=1S/3H3O4P.3H3P/c3*1-5(2,3)4;;;/h3*(H3,1,2,3,4);3*1H3. The summed E-state index contributed by atoms with van der Waals surface area (Å²) < 4.78 is 26.6. The Balaban J connectivity index is -0.0000000277. The maximum Gasteiger partial charge on any atom is 0.466 e. The summed E-state index contributed by atoms with van der Waals surface area (Å²) in [5.41, 5.74) is 0. The highest BCUT2D eigenvalue weighted by Gasteiger charge is 2.01. The third-order valence-electron chi connectivity index (χ3n) is 0. The highest BCUT2D eigenvalue weighted by Crippen LogP contribution is 2.26. The minimum atomic E-state index is -4.64. The van der Waals surface area contributed by atoms with Gasteiger partial charge in [0.05, 0.1) is 0 Å². The van der Waals surface area contributed by atoms with Crippen molar-refractivity contribution in [3.63, 3.8) is 0 Å². The van der Waals surface area contributed by atoms with Crippen LogP contribution in [-0.4, -0.2) is 44.0 Å². The Morgan fingerprint density at radius 3 is 0.389 bits per heavy atom. The highest BCUT2D eigenvalue weighted by molar-refractivity contribution is 7.45. The van der Waals surface area contributed by atoms with E-state index < -0.39 is 23.5 Å². The third-order valence-corrected chi connectivity index (χ3v) is 0. The van der Waals surface area contributed by atoms with Crippen molar-refractivity contribution in [3.8, 4) is 0 Å². The molecule has 0 aliphatic carbocycles. The number of hydrogen-bond donors (Lipinski definition) is 9. The van der Waals surface area contributed by atoms with Crippen molar-refractivity contribution >= 4 is 53.2 Å². The van der Waals surface area contributed by atoms with Gasteiger partial charge in [0.15, 0.2) is 0 Å². The zero-order valence-electron chi connectivity index (χ0n) is 8.71. The molecule has 0 saturated carbocycles. The molecule has 18 heteroatoms. The Labute approximate surface area is 111 Å². The van der Waals surface area contributed by atoms with Gasteiger partial charge in [-0.05, 0) is 0 Å². The third kappa shape index (κ3) is 1850. The van der Waals surface area contributed by atoms with Crippen LogP contribution in [0.2, 0.25) is 0 Å². The van der Waals surface area contributed by atoms with Crippen LogP contribution in [-0.2, 0) is 13.7 Å². The van der Waals surface area contributed by atoms with Gasteiger partial charge in [-0.3, -0.25) is 0 Å². The second kappa shape index (κ2) is 15.0. The molecule has 12 nitrogen and oxygen atoms in total. The van der Waals surface area contributed by atoms with Gasteiger partial charge in [-0.2, -0.15) is 29.7 Å². The molecule has 120 valence electrons. The molecule has 0 fully saturated rings. The van der Waals surface area contributed by atoms with Gasteiger partial charge < -0.3 is 44.0 Å². The minimum absolute atomic E-state index is 0. The van der Waals surface area contributed by atoms with Gasteiger partial charge in [0.1, 0.15) is 0 Å². The van der Waals surface area contributed by atoms with E-state index in [9.17, 15) is 0 Å². The molecular weight excluding hydrogens is 378 g/mol. The molecule has 9 N–H and O–H groups in total. The van der Waals surface area contributed by atoms with E-state index in [4.69, 9.17) is 57.7 Å². The van der Waals surface area contributed by atoms with E-state index in [1.807, 2.05) is 0 Å². The van der Waals surface area contributed by atoms with E-state index in [2.05, 4.69) is 0 Å². The van der Waals surface area contributed by atoms with Crippen LogP contribution in [0.25, 0.3) is 0 Å². The number of hydrogen-bond acceptors (Lipinski definition) is 3. The Morgan fingerprint density at radius 1 is 0.389 bits per heavy atom. The second-order valence-corrected chi connectivity index (χ2v) is 4.62. The lowest BCUT2D eigenvalue weighted by Gasteiger charge is -1.82. The molecule has 0 saturated heterocycles. The summed E-state index contributed by atoms with van der Waals surface area (Å²) in [5, 5.41) is 0. The summed E-state index contributed by atoms with van der Waals surface area (Å²) in [6, 6.07) is 0. The first-order valence-electron chi connectivity index (χ1n) is 2.35. The molecule has 0 bridgehead atoms. The van der Waals surface area contributed by atoms with Gasteiger partial charge in [0.25, 0.3) is 0 Å². The van der Waals surface area contributed by atoms with E-state index in [1.165, 1.54) is 0 Å². The lowest BCUT2D eigenvalue weighted by atomic mass is 15.8. The molecule has 3 unspecified atom stereocenters. The topological polar surface area (TPSA) is 233 Å². The van der Waals surface area contributed by atoms with Crippen molar-refractivity contribution in [2.75, 3.05) is 0 Å². The van der Waals surface area contributed by atoms with Crippen molar-refractivity contribution in [2.24, 2.45) is 0 Å². The first kappa shape index (κ1) is 36.7. The fourth-order valence-electron chi connectivity index (χ4n) is 0. The summed E-state index contributed by atoms with van der Waals surface area (Å²) in [4.78, 5) is 64.7. The molecule has 0 aromatic rings. The molecule has 0 heterocycles. The van der Waals surface area contributed by atoms with Gasteiger partial charge >= 0.3 is 23.5 Å². The summed E-state index contributed by atoms with van der Waals surface area (Å²) >= 11 is 0. The Morgan fingerprint density at radius 2 is 0.389 bits per heavy atom. The monoisotopic (exact) mass is 396 g/mol. The summed E-state index contributed by atoms with van der Waals surface area (Å²) in [7, 11) is -13.9.